The summed E-state index contributed by atoms with van der Waals surface area (Å²) in [5, 5.41) is 0. The fourth-order valence-corrected chi connectivity index (χ4v) is 3.80. The lowest BCUT2D eigenvalue weighted by molar-refractivity contribution is -0.122. The molecule has 3 atom stereocenters. The molecule has 3 heteroatoms. The second-order valence-corrected chi connectivity index (χ2v) is 6.62. The minimum atomic E-state index is -0.361. The molecule has 2 nitrogen and oxygen atoms in total. The smallest absolute Gasteiger partial charge is 0.166 e. The van der Waals surface area contributed by atoms with Gasteiger partial charge in [0.15, 0.2) is 5.78 Å². The first-order valence-electron chi connectivity index (χ1n) is 8.41. The first-order valence-corrected chi connectivity index (χ1v) is 8.41. The molecule has 3 rings (SSSR count). The minimum absolute atomic E-state index is 0.0455. The summed E-state index contributed by atoms with van der Waals surface area (Å²) in [5.74, 6) is -0.607. The number of hydrogen-bond acceptors (Lipinski definition) is 2. The lowest BCUT2D eigenvalue weighted by atomic mass is 9.68. The first-order chi connectivity index (χ1) is 11.6. The summed E-state index contributed by atoms with van der Waals surface area (Å²) in [5.41, 5.74) is 1.71. The quantitative estimate of drug-likeness (QED) is 0.757. The summed E-state index contributed by atoms with van der Waals surface area (Å²) < 4.78 is 13.1. The molecule has 0 aliphatic heterocycles. The van der Waals surface area contributed by atoms with Crippen LogP contribution in [0, 0.1) is 17.7 Å². The van der Waals surface area contributed by atoms with Crippen LogP contribution in [0.15, 0.2) is 54.6 Å². The van der Waals surface area contributed by atoms with E-state index < -0.39 is 0 Å². The normalized spacial score (nSPS) is 23.7. The van der Waals surface area contributed by atoms with Gasteiger partial charge in [0.2, 0.25) is 0 Å². The standard InChI is InChI=1S/C21H21FO2/c1-14(23)19-12-9-17(15-5-3-2-4-6-15)13-20(19)21(24)16-7-10-18(22)11-8-16/h2-8,10-11,17,19-20H,9,12-13H2,1H3/t17-,19-,20?/m0/s1. The van der Waals surface area contributed by atoms with Gasteiger partial charge in [0.1, 0.15) is 11.6 Å². The van der Waals surface area contributed by atoms with Gasteiger partial charge >= 0.3 is 0 Å². The van der Waals surface area contributed by atoms with E-state index in [4.69, 9.17) is 0 Å². The number of halogens is 1. The van der Waals surface area contributed by atoms with Crippen molar-refractivity contribution in [3.05, 3.63) is 71.5 Å². The molecule has 1 aliphatic carbocycles. The molecule has 0 spiro atoms. The van der Waals surface area contributed by atoms with Crippen molar-refractivity contribution in [2.75, 3.05) is 0 Å². The van der Waals surface area contributed by atoms with E-state index in [1.807, 2.05) is 18.2 Å². The van der Waals surface area contributed by atoms with Gasteiger partial charge in [-0.15, -0.1) is 0 Å². The van der Waals surface area contributed by atoms with Crippen molar-refractivity contribution in [2.45, 2.75) is 32.1 Å². The van der Waals surface area contributed by atoms with Gasteiger partial charge in [-0.2, -0.15) is 0 Å². The summed E-state index contributed by atoms with van der Waals surface area (Å²) in [7, 11) is 0. The Bertz CT molecular complexity index is 721. The summed E-state index contributed by atoms with van der Waals surface area (Å²) in [6.07, 6.45) is 2.32. The van der Waals surface area contributed by atoms with E-state index in [2.05, 4.69) is 12.1 Å². The van der Waals surface area contributed by atoms with Gasteiger partial charge < -0.3 is 0 Å². The Balaban J connectivity index is 1.86. The molecule has 0 aromatic heterocycles. The second-order valence-electron chi connectivity index (χ2n) is 6.62. The molecule has 1 fully saturated rings. The predicted octanol–water partition coefficient (Wildman–Crippen LogP) is 4.80. The highest BCUT2D eigenvalue weighted by atomic mass is 19.1. The fraction of sp³-hybridized carbons (Fsp3) is 0.333. The fourth-order valence-electron chi connectivity index (χ4n) is 3.80. The van der Waals surface area contributed by atoms with E-state index in [1.54, 1.807) is 6.92 Å². The minimum Gasteiger partial charge on any atom is -0.300 e. The van der Waals surface area contributed by atoms with Gasteiger partial charge in [-0.3, -0.25) is 9.59 Å². The molecular weight excluding hydrogens is 303 g/mol. The van der Waals surface area contributed by atoms with Gasteiger partial charge in [-0.25, -0.2) is 4.39 Å². The second kappa shape index (κ2) is 7.08. The molecule has 1 aliphatic rings. The van der Waals surface area contributed by atoms with Crippen molar-refractivity contribution in [1.29, 1.82) is 0 Å². The lowest BCUT2D eigenvalue weighted by Gasteiger charge is -2.34. The summed E-state index contributed by atoms with van der Waals surface area (Å²) in [6, 6.07) is 15.8. The average Bonchev–Trinajstić information content (AvgIpc) is 2.62. The summed E-state index contributed by atoms with van der Waals surface area (Å²) >= 11 is 0. The van der Waals surface area contributed by atoms with Crippen LogP contribution >= 0.6 is 0 Å². The van der Waals surface area contributed by atoms with Crippen LogP contribution in [0.1, 0.15) is 48.0 Å². The Morgan fingerprint density at radius 3 is 2.21 bits per heavy atom. The SMILES string of the molecule is CC(=O)[C@@H]1CC[C@H](c2ccccc2)CC1C(=O)c1ccc(F)cc1. The molecular formula is C21H21FO2. The number of ketones is 2. The number of benzene rings is 2. The van der Waals surface area contributed by atoms with E-state index in [9.17, 15) is 14.0 Å². The maximum atomic E-state index is 13.1. The molecule has 1 unspecified atom stereocenters. The van der Waals surface area contributed by atoms with Crippen molar-refractivity contribution in [3.63, 3.8) is 0 Å². The topological polar surface area (TPSA) is 34.1 Å². The zero-order valence-corrected chi connectivity index (χ0v) is 13.7. The van der Waals surface area contributed by atoms with Crippen LogP contribution in [0.4, 0.5) is 4.39 Å². The number of carbonyl (C=O) groups excluding carboxylic acids is 2. The van der Waals surface area contributed by atoms with Gasteiger partial charge in [0, 0.05) is 17.4 Å². The van der Waals surface area contributed by atoms with E-state index >= 15 is 0 Å². The maximum Gasteiger partial charge on any atom is 0.166 e. The van der Waals surface area contributed by atoms with Crippen LogP contribution in [0.5, 0.6) is 0 Å². The summed E-state index contributed by atoms with van der Waals surface area (Å²) in [6.45, 7) is 1.57. The van der Waals surface area contributed by atoms with Crippen LogP contribution in [0.2, 0.25) is 0 Å². The Kier molecular flexibility index (Phi) is 4.89. The Morgan fingerprint density at radius 2 is 1.58 bits per heavy atom. The van der Waals surface area contributed by atoms with Crippen LogP contribution in [-0.4, -0.2) is 11.6 Å². The third-order valence-corrected chi connectivity index (χ3v) is 5.11. The Labute approximate surface area is 141 Å². The lowest BCUT2D eigenvalue weighted by Crippen LogP contribution is -2.34. The molecule has 0 radical (unpaired) electrons. The molecule has 1 saturated carbocycles. The van der Waals surface area contributed by atoms with Crippen molar-refractivity contribution >= 4 is 11.6 Å². The Hall–Kier alpha value is -2.29. The highest BCUT2D eigenvalue weighted by Gasteiger charge is 2.38. The highest BCUT2D eigenvalue weighted by Crippen LogP contribution is 2.41. The van der Waals surface area contributed by atoms with E-state index in [1.165, 1.54) is 29.8 Å². The molecule has 0 heterocycles. The van der Waals surface area contributed by atoms with Crippen molar-refractivity contribution in [2.24, 2.45) is 11.8 Å². The monoisotopic (exact) mass is 324 g/mol. The average molecular weight is 324 g/mol. The van der Waals surface area contributed by atoms with Gasteiger partial charge in [0.25, 0.3) is 0 Å². The number of carbonyl (C=O) groups is 2. The van der Waals surface area contributed by atoms with Crippen LogP contribution in [0.3, 0.4) is 0 Å². The molecule has 2 aromatic carbocycles. The van der Waals surface area contributed by atoms with Gasteiger partial charge in [-0.1, -0.05) is 30.3 Å². The molecule has 0 bridgehead atoms. The van der Waals surface area contributed by atoms with E-state index in [0.29, 0.717) is 12.0 Å². The number of rotatable bonds is 4. The van der Waals surface area contributed by atoms with E-state index in [0.717, 1.165) is 12.8 Å². The third-order valence-electron chi connectivity index (χ3n) is 5.11. The number of Topliss-reactive ketones (excluding diaryl/α,β-unsaturated/α-hetero) is 2. The molecule has 0 N–H and O–H groups in total. The molecule has 2 aromatic rings. The van der Waals surface area contributed by atoms with E-state index in [-0.39, 0.29) is 35.1 Å². The molecule has 24 heavy (non-hydrogen) atoms. The van der Waals surface area contributed by atoms with Crippen molar-refractivity contribution < 1.29 is 14.0 Å². The highest BCUT2D eigenvalue weighted by molar-refractivity contribution is 6.00. The van der Waals surface area contributed by atoms with Crippen LogP contribution in [-0.2, 0) is 4.79 Å². The van der Waals surface area contributed by atoms with Crippen LogP contribution in [0.25, 0.3) is 0 Å². The third kappa shape index (κ3) is 3.45. The zero-order valence-electron chi connectivity index (χ0n) is 13.7. The van der Waals surface area contributed by atoms with Gasteiger partial charge in [-0.05, 0) is 61.9 Å². The zero-order chi connectivity index (χ0) is 17.1. The largest absolute Gasteiger partial charge is 0.300 e. The summed E-state index contributed by atoms with van der Waals surface area (Å²) in [4.78, 5) is 25.0. The van der Waals surface area contributed by atoms with Gasteiger partial charge in [0.05, 0.1) is 0 Å². The predicted molar refractivity (Wildman–Crippen MR) is 91.4 cm³/mol. The number of hydrogen-bond donors (Lipinski definition) is 0. The van der Waals surface area contributed by atoms with Crippen molar-refractivity contribution in [1.82, 2.24) is 0 Å². The van der Waals surface area contributed by atoms with Crippen LogP contribution < -0.4 is 0 Å². The molecule has 0 amide bonds. The molecule has 0 saturated heterocycles. The first kappa shape index (κ1) is 16.6. The van der Waals surface area contributed by atoms with Crippen molar-refractivity contribution in [3.8, 4) is 0 Å². The maximum absolute atomic E-state index is 13.1. The Morgan fingerprint density at radius 1 is 0.917 bits per heavy atom. The molecule has 124 valence electrons.